The third-order valence-corrected chi connectivity index (χ3v) is 6.40. The second kappa shape index (κ2) is 14.0. The molecule has 0 aliphatic rings. The summed E-state index contributed by atoms with van der Waals surface area (Å²) < 4.78 is 17.3. The molecule has 2 N–H and O–H groups in total. The fraction of sp³-hybridized carbons (Fsp3) is 0.129. The third kappa shape index (κ3) is 7.94. The average molecular weight is 602 g/mol. The summed E-state index contributed by atoms with van der Waals surface area (Å²) in [5.41, 5.74) is 6.10. The number of ether oxygens (including phenoxy) is 3. The van der Waals surface area contributed by atoms with Crippen molar-refractivity contribution in [1.82, 2.24) is 5.43 Å². The Labute approximate surface area is 241 Å². The van der Waals surface area contributed by atoms with Crippen molar-refractivity contribution < 1.29 is 23.8 Å². The lowest BCUT2D eigenvalue weighted by Crippen LogP contribution is -2.18. The normalized spacial score (nSPS) is 10.7. The Morgan fingerprint density at radius 1 is 0.875 bits per heavy atom. The number of rotatable bonds is 11. The van der Waals surface area contributed by atoms with Gasteiger partial charge in [-0.25, -0.2) is 5.43 Å². The quantitative estimate of drug-likeness (QED) is 0.162. The van der Waals surface area contributed by atoms with E-state index in [0.29, 0.717) is 39.4 Å². The van der Waals surface area contributed by atoms with E-state index >= 15 is 0 Å². The van der Waals surface area contributed by atoms with Crippen molar-refractivity contribution in [3.63, 3.8) is 0 Å². The molecule has 8 nitrogen and oxygen atoms in total. The van der Waals surface area contributed by atoms with Crippen molar-refractivity contribution in [1.29, 1.82) is 0 Å². The second-order valence-corrected chi connectivity index (χ2v) is 9.51. The van der Waals surface area contributed by atoms with E-state index in [1.807, 2.05) is 60.7 Å². The summed E-state index contributed by atoms with van der Waals surface area (Å²) in [6.07, 6.45) is 1.74. The number of methoxy groups -OCH3 is 2. The number of nitrogens with one attached hydrogen (secondary N) is 2. The zero-order valence-electron chi connectivity index (χ0n) is 22.0. The zero-order valence-corrected chi connectivity index (χ0v) is 23.6. The molecule has 2 amide bonds. The Kier molecular flexibility index (Phi) is 9.90. The van der Waals surface area contributed by atoms with E-state index in [9.17, 15) is 9.59 Å². The first-order valence-corrected chi connectivity index (χ1v) is 13.1. The average Bonchev–Trinajstić information content (AvgIpc) is 2.97. The smallest absolute Gasteiger partial charge is 0.271 e. The van der Waals surface area contributed by atoms with Crippen molar-refractivity contribution in [3.05, 3.63) is 118 Å². The fourth-order valence-corrected chi connectivity index (χ4v) is 4.33. The van der Waals surface area contributed by atoms with Gasteiger partial charge in [-0.3, -0.25) is 9.59 Å². The van der Waals surface area contributed by atoms with E-state index in [1.165, 1.54) is 6.21 Å². The highest BCUT2D eigenvalue weighted by Crippen LogP contribution is 2.36. The summed E-state index contributed by atoms with van der Waals surface area (Å²) in [6.45, 7) is 0.393. The Morgan fingerprint density at radius 3 is 2.27 bits per heavy atom. The maximum atomic E-state index is 12.5. The topological polar surface area (TPSA) is 98.2 Å². The largest absolute Gasteiger partial charge is 0.497 e. The Hall–Kier alpha value is -4.63. The molecule has 0 saturated heterocycles. The van der Waals surface area contributed by atoms with E-state index in [-0.39, 0.29) is 18.2 Å². The predicted molar refractivity (Wildman–Crippen MR) is 158 cm³/mol. The Bertz CT molecular complexity index is 1470. The lowest BCUT2D eigenvalue weighted by molar-refractivity contribution is -0.115. The zero-order chi connectivity index (χ0) is 28.3. The van der Waals surface area contributed by atoms with E-state index in [2.05, 4.69) is 31.8 Å². The van der Waals surface area contributed by atoms with Gasteiger partial charge < -0.3 is 19.5 Å². The molecule has 0 atom stereocenters. The number of halogens is 1. The molecule has 0 aromatic heterocycles. The van der Waals surface area contributed by atoms with Crippen LogP contribution in [0.5, 0.6) is 17.2 Å². The number of hydrogen-bond donors (Lipinski definition) is 2. The Balaban J connectivity index is 1.31. The van der Waals surface area contributed by atoms with Crippen LogP contribution in [0.3, 0.4) is 0 Å². The maximum Gasteiger partial charge on any atom is 0.271 e. The van der Waals surface area contributed by atoms with Gasteiger partial charge in [-0.15, -0.1) is 0 Å². The van der Waals surface area contributed by atoms with Crippen LogP contribution in [-0.4, -0.2) is 32.2 Å². The molecule has 40 heavy (non-hydrogen) atoms. The molecule has 0 spiro atoms. The van der Waals surface area contributed by atoms with Gasteiger partial charge in [0.15, 0.2) is 11.5 Å². The van der Waals surface area contributed by atoms with Crippen molar-refractivity contribution in [3.8, 4) is 17.2 Å². The summed E-state index contributed by atoms with van der Waals surface area (Å²) in [5, 5.41) is 6.90. The molecule has 0 saturated carbocycles. The van der Waals surface area contributed by atoms with Gasteiger partial charge in [-0.05, 0) is 81.2 Å². The number of hydrazone groups is 1. The van der Waals surface area contributed by atoms with Crippen molar-refractivity contribution >= 4 is 39.6 Å². The monoisotopic (exact) mass is 601 g/mol. The lowest BCUT2D eigenvalue weighted by Gasteiger charge is -2.13. The number of benzene rings is 4. The number of carbonyl (C=O) groups excluding carboxylic acids is 2. The highest BCUT2D eigenvalue weighted by Gasteiger charge is 2.12. The first kappa shape index (κ1) is 28.4. The van der Waals surface area contributed by atoms with Crippen LogP contribution < -0.4 is 25.0 Å². The van der Waals surface area contributed by atoms with Crippen LogP contribution in [0.25, 0.3) is 0 Å². The molecule has 0 aliphatic heterocycles. The number of amides is 2. The summed E-state index contributed by atoms with van der Waals surface area (Å²) in [7, 11) is 3.15. The van der Waals surface area contributed by atoms with Gasteiger partial charge in [-0.2, -0.15) is 5.10 Å². The van der Waals surface area contributed by atoms with E-state index in [4.69, 9.17) is 14.2 Å². The maximum absolute atomic E-state index is 12.5. The van der Waals surface area contributed by atoms with Gasteiger partial charge in [0.05, 0.1) is 31.3 Å². The minimum atomic E-state index is -0.388. The highest BCUT2D eigenvalue weighted by molar-refractivity contribution is 9.10. The summed E-state index contributed by atoms with van der Waals surface area (Å²) in [6, 6.07) is 27.3. The SMILES string of the molecule is COc1ccc(CC(=O)Nc2ccc(C(=O)N/N=C/c3cc(Br)c(OCc4ccccc4)c(OC)c3)cc2)cc1. The number of hydrogen-bond acceptors (Lipinski definition) is 6. The van der Waals surface area contributed by atoms with E-state index < -0.39 is 0 Å². The number of anilines is 1. The molecule has 4 aromatic carbocycles. The van der Waals surface area contributed by atoms with Crippen LogP contribution in [-0.2, 0) is 17.8 Å². The molecule has 0 radical (unpaired) electrons. The summed E-state index contributed by atoms with van der Waals surface area (Å²) in [4.78, 5) is 24.9. The van der Waals surface area contributed by atoms with Gasteiger partial charge in [0.25, 0.3) is 5.91 Å². The van der Waals surface area contributed by atoms with Gasteiger partial charge in [0.1, 0.15) is 12.4 Å². The molecule has 0 heterocycles. The first-order chi connectivity index (χ1) is 19.4. The standard InChI is InChI=1S/C31H28BrN3O5/c1-38-26-14-8-21(9-15-26)18-29(36)34-25-12-10-24(11-13-25)31(37)35-33-19-23-16-27(32)30(28(17-23)39-2)40-20-22-6-4-3-5-7-22/h3-17,19H,18,20H2,1-2H3,(H,34,36)(H,35,37)/b33-19+. The van der Waals surface area contributed by atoms with Crippen LogP contribution in [0.1, 0.15) is 27.0 Å². The number of carbonyl (C=O) groups is 2. The molecule has 4 rings (SSSR count). The second-order valence-electron chi connectivity index (χ2n) is 8.66. The number of nitrogens with zero attached hydrogens (tertiary/aromatic N) is 1. The minimum Gasteiger partial charge on any atom is -0.497 e. The van der Waals surface area contributed by atoms with Crippen molar-refractivity contribution in [2.75, 3.05) is 19.5 Å². The molecule has 4 aromatic rings. The van der Waals surface area contributed by atoms with Crippen LogP contribution in [0, 0.1) is 0 Å². The third-order valence-electron chi connectivity index (χ3n) is 5.81. The summed E-state index contributed by atoms with van der Waals surface area (Å²) >= 11 is 3.53. The van der Waals surface area contributed by atoms with Gasteiger partial charge in [-0.1, -0.05) is 42.5 Å². The van der Waals surface area contributed by atoms with Gasteiger partial charge in [0, 0.05) is 11.3 Å². The van der Waals surface area contributed by atoms with Crippen molar-refractivity contribution in [2.45, 2.75) is 13.0 Å². The first-order valence-electron chi connectivity index (χ1n) is 12.4. The van der Waals surface area contributed by atoms with Crippen molar-refractivity contribution in [2.24, 2.45) is 5.10 Å². The molecular formula is C31H28BrN3O5. The molecule has 0 fully saturated rings. The van der Waals surface area contributed by atoms with Crippen LogP contribution in [0.4, 0.5) is 5.69 Å². The minimum absolute atomic E-state index is 0.162. The summed E-state index contributed by atoms with van der Waals surface area (Å²) in [5.74, 6) is 1.29. The van der Waals surface area contributed by atoms with Crippen LogP contribution in [0.2, 0.25) is 0 Å². The van der Waals surface area contributed by atoms with Gasteiger partial charge >= 0.3 is 0 Å². The predicted octanol–water partition coefficient (Wildman–Crippen LogP) is 5.99. The van der Waals surface area contributed by atoms with Crippen LogP contribution >= 0.6 is 15.9 Å². The molecule has 0 unspecified atom stereocenters. The molecule has 0 bridgehead atoms. The molecule has 0 aliphatic carbocycles. The fourth-order valence-electron chi connectivity index (χ4n) is 3.75. The van der Waals surface area contributed by atoms with E-state index in [0.717, 1.165) is 16.9 Å². The van der Waals surface area contributed by atoms with Crippen LogP contribution in [0.15, 0.2) is 101 Å². The highest BCUT2D eigenvalue weighted by atomic mass is 79.9. The van der Waals surface area contributed by atoms with Gasteiger partial charge in [0.2, 0.25) is 5.91 Å². The van der Waals surface area contributed by atoms with E-state index in [1.54, 1.807) is 44.6 Å². The Morgan fingerprint density at radius 2 is 1.60 bits per heavy atom. The molecular weight excluding hydrogens is 574 g/mol. The molecule has 9 heteroatoms. The molecule has 204 valence electrons. The lowest BCUT2D eigenvalue weighted by atomic mass is 10.1.